The molecule has 1 saturated heterocycles. The molecule has 0 aromatic rings. The van der Waals surface area contributed by atoms with Crippen LogP contribution < -0.4 is 21.7 Å². The molecule has 0 aromatic carbocycles. The number of rotatable bonds is 8. The molecular weight excluding hydrogens is 507 g/mol. The van der Waals surface area contributed by atoms with E-state index in [1.54, 1.807) is 41.5 Å². The number of likely N-dealkylation sites (tertiary alicyclic amines) is 1. The molecule has 10 nitrogen and oxygen atoms in total. The first-order chi connectivity index (χ1) is 17.0. The standard InChI is InChI=1S/C25H40F3N5O5/c1-22(2,3)17(31-21(38)32-23(4,5)6)20(37)33-11-12-14(24(12,7)8)15(33)19(36)30-13(16(34)18(29)35)9-10-25(26,27)28/h12-15,17H,9-11H2,1-8H3,(H2,29,35)(H,30,36)(H2,31,32,38)/t12-,13?,14-,15?,17+/m0/s1. The predicted octanol–water partition coefficient (Wildman–Crippen LogP) is 1.86. The summed E-state index contributed by atoms with van der Waals surface area (Å²) in [6, 6.07) is -4.49. The van der Waals surface area contributed by atoms with Gasteiger partial charge >= 0.3 is 12.2 Å². The topological polar surface area (TPSA) is 151 Å². The summed E-state index contributed by atoms with van der Waals surface area (Å²) in [4.78, 5) is 64.8. The molecule has 2 unspecified atom stereocenters. The second kappa shape index (κ2) is 10.4. The molecule has 2 aliphatic rings. The summed E-state index contributed by atoms with van der Waals surface area (Å²) in [6.07, 6.45) is -6.91. The highest BCUT2D eigenvalue weighted by Gasteiger charge is 2.70. The zero-order chi connectivity index (χ0) is 29.6. The van der Waals surface area contributed by atoms with Crippen molar-refractivity contribution in [3.05, 3.63) is 0 Å². The van der Waals surface area contributed by atoms with E-state index < -0.39 is 77.6 Å². The predicted molar refractivity (Wildman–Crippen MR) is 132 cm³/mol. The maximum absolute atomic E-state index is 13.8. The number of hydrogen-bond acceptors (Lipinski definition) is 5. The van der Waals surface area contributed by atoms with Crippen molar-refractivity contribution in [1.29, 1.82) is 0 Å². The molecule has 1 aliphatic heterocycles. The van der Waals surface area contributed by atoms with Crippen molar-refractivity contribution >= 4 is 29.5 Å². The van der Waals surface area contributed by atoms with Crippen LogP contribution in [0.2, 0.25) is 0 Å². The highest BCUT2D eigenvalue weighted by molar-refractivity contribution is 6.37. The van der Waals surface area contributed by atoms with Crippen molar-refractivity contribution in [3.63, 3.8) is 0 Å². The highest BCUT2D eigenvalue weighted by Crippen LogP contribution is 2.65. The molecule has 5 atom stereocenters. The lowest BCUT2D eigenvalue weighted by Gasteiger charge is -2.38. The Kier molecular flexibility index (Phi) is 8.55. The van der Waals surface area contributed by atoms with Crippen LogP contribution in [0.4, 0.5) is 18.0 Å². The summed E-state index contributed by atoms with van der Waals surface area (Å²) in [5.41, 5.74) is 3.34. The van der Waals surface area contributed by atoms with E-state index in [-0.39, 0.29) is 23.8 Å². The molecule has 13 heteroatoms. The van der Waals surface area contributed by atoms with E-state index in [1.165, 1.54) is 4.90 Å². The van der Waals surface area contributed by atoms with E-state index in [4.69, 9.17) is 5.73 Å². The highest BCUT2D eigenvalue weighted by atomic mass is 19.4. The van der Waals surface area contributed by atoms with Crippen molar-refractivity contribution in [2.24, 2.45) is 28.4 Å². The minimum absolute atomic E-state index is 0.0633. The van der Waals surface area contributed by atoms with Crippen LogP contribution in [0.15, 0.2) is 0 Å². The van der Waals surface area contributed by atoms with Gasteiger partial charge in [-0.2, -0.15) is 13.2 Å². The minimum atomic E-state index is -4.63. The number of carbonyl (C=O) groups excluding carboxylic acids is 5. The largest absolute Gasteiger partial charge is 0.389 e. The lowest BCUT2D eigenvalue weighted by atomic mass is 9.85. The quantitative estimate of drug-likeness (QED) is 0.342. The van der Waals surface area contributed by atoms with Crippen LogP contribution in [0, 0.1) is 22.7 Å². The van der Waals surface area contributed by atoms with Crippen LogP contribution in [-0.4, -0.2) is 70.8 Å². The lowest BCUT2D eigenvalue weighted by Crippen LogP contribution is -2.62. The number of fused-ring (bicyclic) bond motifs is 1. The first-order valence-corrected chi connectivity index (χ1v) is 12.6. The summed E-state index contributed by atoms with van der Waals surface area (Å²) < 4.78 is 38.5. The summed E-state index contributed by atoms with van der Waals surface area (Å²) in [5.74, 6) is -4.57. The van der Waals surface area contributed by atoms with Crippen LogP contribution in [0.5, 0.6) is 0 Å². The van der Waals surface area contributed by atoms with Crippen LogP contribution in [-0.2, 0) is 19.2 Å². The second-order valence-corrected chi connectivity index (χ2v) is 13.0. The first-order valence-electron chi connectivity index (χ1n) is 12.6. The monoisotopic (exact) mass is 547 g/mol. The summed E-state index contributed by atoms with van der Waals surface area (Å²) >= 11 is 0. The van der Waals surface area contributed by atoms with Gasteiger partial charge in [0, 0.05) is 18.5 Å². The number of carbonyl (C=O) groups is 5. The van der Waals surface area contributed by atoms with E-state index in [0.29, 0.717) is 0 Å². The summed E-state index contributed by atoms with van der Waals surface area (Å²) in [6.45, 7) is 14.6. The van der Waals surface area contributed by atoms with Gasteiger partial charge in [0.15, 0.2) is 0 Å². The maximum atomic E-state index is 13.8. The van der Waals surface area contributed by atoms with Gasteiger partial charge < -0.3 is 26.6 Å². The molecule has 216 valence electrons. The fourth-order valence-corrected chi connectivity index (χ4v) is 5.14. The average Bonchev–Trinajstić information content (AvgIpc) is 3.06. The van der Waals surface area contributed by atoms with Gasteiger partial charge in [-0.05, 0) is 49.9 Å². The summed E-state index contributed by atoms with van der Waals surface area (Å²) in [7, 11) is 0. The van der Waals surface area contributed by atoms with E-state index in [0.717, 1.165) is 0 Å². The third-order valence-electron chi connectivity index (χ3n) is 7.23. The SMILES string of the molecule is CC(C)(C)NC(=O)N[C@H](C(=O)N1C[C@H]2[C@@H](C1C(=O)NC(CCC(F)(F)F)C(=O)C(N)=O)C2(C)C)C(C)(C)C. The number of halogens is 3. The minimum Gasteiger partial charge on any atom is -0.363 e. The molecule has 0 aromatic heterocycles. The number of hydrogen-bond donors (Lipinski definition) is 4. The van der Waals surface area contributed by atoms with E-state index in [9.17, 15) is 37.1 Å². The lowest BCUT2D eigenvalue weighted by molar-refractivity contribution is -0.147. The number of amides is 5. The molecule has 38 heavy (non-hydrogen) atoms. The number of alkyl halides is 3. The number of piperidine rings is 1. The number of ketones is 1. The van der Waals surface area contributed by atoms with Crippen LogP contribution >= 0.6 is 0 Å². The van der Waals surface area contributed by atoms with Gasteiger partial charge in [0.05, 0.1) is 6.04 Å². The number of nitrogens with two attached hydrogens (primary N) is 1. The smallest absolute Gasteiger partial charge is 0.363 e. The van der Waals surface area contributed by atoms with Crippen molar-refractivity contribution in [3.8, 4) is 0 Å². The summed E-state index contributed by atoms with van der Waals surface area (Å²) in [5, 5.41) is 7.69. The number of Topliss-reactive ketones (excluding diaryl/α,β-unsaturated/α-hetero) is 1. The Morgan fingerprint density at radius 2 is 1.55 bits per heavy atom. The first kappa shape index (κ1) is 31.4. The molecule has 2 fully saturated rings. The Labute approximate surface area is 221 Å². The van der Waals surface area contributed by atoms with Crippen molar-refractivity contribution in [2.45, 2.75) is 98.1 Å². The van der Waals surface area contributed by atoms with Crippen molar-refractivity contribution in [2.75, 3.05) is 6.54 Å². The van der Waals surface area contributed by atoms with Crippen LogP contribution in [0.25, 0.3) is 0 Å². The third-order valence-corrected chi connectivity index (χ3v) is 7.23. The zero-order valence-electron chi connectivity index (χ0n) is 23.2. The Balaban J connectivity index is 2.33. The van der Waals surface area contributed by atoms with Gasteiger partial charge in [-0.15, -0.1) is 0 Å². The van der Waals surface area contributed by atoms with Crippen molar-refractivity contribution < 1.29 is 37.1 Å². The fourth-order valence-electron chi connectivity index (χ4n) is 5.14. The molecule has 1 saturated carbocycles. The number of nitrogens with zero attached hydrogens (tertiary/aromatic N) is 1. The van der Waals surface area contributed by atoms with E-state index in [1.807, 2.05) is 13.8 Å². The van der Waals surface area contributed by atoms with Gasteiger partial charge in [-0.3, -0.25) is 19.2 Å². The Morgan fingerprint density at radius 3 is 2.00 bits per heavy atom. The van der Waals surface area contributed by atoms with E-state index in [2.05, 4.69) is 16.0 Å². The Morgan fingerprint density at radius 1 is 1.00 bits per heavy atom. The van der Waals surface area contributed by atoms with Crippen LogP contribution in [0.1, 0.15) is 68.2 Å². The molecule has 0 radical (unpaired) electrons. The van der Waals surface area contributed by atoms with Gasteiger partial charge in [-0.25, -0.2) is 4.79 Å². The molecule has 0 bridgehead atoms. The van der Waals surface area contributed by atoms with Crippen molar-refractivity contribution in [1.82, 2.24) is 20.9 Å². The van der Waals surface area contributed by atoms with E-state index >= 15 is 0 Å². The Hall–Kier alpha value is -2.86. The van der Waals surface area contributed by atoms with Gasteiger partial charge in [0.1, 0.15) is 12.1 Å². The normalized spacial score (nSPS) is 24.1. The molecule has 1 aliphatic carbocycles. The van der Waals surface area contributed by atoms with Gasteiger partial charge in [0.25, 0.3) is 5.91 Å². The fraction of sp³-hybridized carbons (Fsp3) is 0.800. The zero-order valence-corrected chi connectivity index (χ0v) is 23.2. The van der Waals surface area contributed by atoms with Gasteiger partial charge in [-0.1, -0.05) is 34.6 Å². The molecule has 0 spiro atoms. The maximum Gasteiger partial charge on any atom is 0.389 e. The molecule has 1 heterocycles. The van der Waals surface area contributed by atoms with Gasteiger partial charge in [0.2, 0.25) is 17.6 Å². The molecule has 5 amide bonds. The number of primary amides is 1. The van der Waals surface area contributed by atoms with Crippen LogP contribution in [0.3, 0.4) is 0 Å². The Bertz CT molecular complexity index is 983. The molecular formula is C25H40F3N5O5. The number of urea groups is 1. The third kappa shape index (κ3) is 7.37. The average molecular weight is 548 g/mol. The number of nitrogens with one attached hydrogen (secondary N) is 3. The molecule has 5 N–H and O–H groups in total. The second-order valence-electron chi connectivity index (χ2n) is 13.0. The molecule has 2 rings (SSSR count).